The number of fused-ring (bicyclic) bond motifs is 1. The average Bonchev–Trinajstić information content (AvgIpc) is 3.08. The van der Waals surface area contributed by atoms with Gasteiger partial charge in [-0.2, -0.15) is 0 Å². The molecule has 1 aliphatic heterocycles. The molecule has 1 heterocycles. The molecule has 0 spiro atoms. The third kappa shape index (κ3) is 15.8. The van der Waals surface area contributed by atoms with Crippen LogP contribution in [0, 0.1) is 5.92 Å². The molecule has 16 nitrogen and oxygen atoms in total. The van der Waals surface area contributed by atoms with Crippen molar-refractivity contribution in [2.24, 2.45) is 28.1 Å². The van der Waals surface area contributed by atoms with Gasteiger partial charge in [0.2, 0.25) is 17.7 Å². The summed E-state index contributed by atoms with van der Waals surface area (Å²) in [4.78, 5) is 68.2. The number of carbonyl (C=O) groups excluding carboxylic acids is 5. The molecule has 0 bridgehead atoms. The second-order valence-corrected chi connectivity index (χ2v) is 13.9. The minimum Gasteiger partial charge on any atom is -0.507 e. The van der Waals surface area contributed by atoms with Crippen molar-refractivity contribution in [2.75, 3.05) is 6.54 Å². The van der Waals surface area contributed by atoms with Gasteiger partial charge in [0.05, 0.1) is 18.5 Å². The number of allylic oxidation sites excluding steroid dienone is 2. The second kappa shape index (κ2) is 23.1. The summed E-state index contributed by atoms with van der Waals surface area (Å²) in [7, 11) is 0. The number of amides is 4. The first kappa shape index (κ1) is 44.5. The Morgan fingerprint density at radius 1 is 0.981 bits per heavy atom. The normalized spacial score (nSPS) is 16.8. The van der Waals surface area contributed by atoms with E-state index in [2.05, 4.69) is 27.9 Å². The molecule has 296 valence electrons. The molecule has 1 aromatic carbocycles. The van der Waals surface area contributed by atoms with Crippen molar-refractivity contribution in [1.82, 2.24) is 16.0 Å². The Kier molecular flexibility index (Phi) is 19.4. The molecule has 0 aromatic heterocycles. The number of esters is 1. The van der Waals surface area contributed by atoms with Gasteiger partial charge in [0, 0.05) is 19.4 Å². The van der Waals surface area contributed by atoms with Gasteiger partial charge in [0.1, 0.15) is 29.6 Å². The molecule has 6 atom stereocenters. The summed E-state index contributed by atoms with van der Waals surface area (Å²) in [5.41, 5.74) is 16.8. The van der Waals surface area contributed by atoms with Crippen molar-refractivity contribution in [3.63, 3.8) is 0 Å². The first-order chi connectivity index (χ1) is 25.1. The molecule has 1 aliphatic rings. The van der Waals surface area contributed by atoms with E-state index in [-0.39, 0.29) is 55.4 Å². The molecule has 0 fully saturated rings. The SMILES string of the molecule is CCCCCC/C=C/CCC(=O)N[C@H](CC(N)=O)C(=O)N[C@@H](CCCN=C(N)N)[C@H](O)[C@H](O)C(=O)N[C@@H](CC(C)C)[C@@H]1Cc2cccc(O)c2C(=O)O1. The van der Waals surface area contributed by atoms with E-state index in [1.165, 1.54) is 12.5 Å². The molecule has 0 saturated carbocycles. The molecule has 0 radical (unpaired) electrons. The van der Waals surface area contributed by atoms with E-state index < -0.39 is 72.5 Å². The highest BCUT2D eigenvalue weighted by atomic mass is 16.5. The Morgan fingerprint density at radius 3 is 2.36 bits per heavy atom. The van der Waals surface area contributed by atoms with Crippen molar-refractivity contribution in [3.05, 3.63) is 41.5 Å². The fourth-order valence-electron chi connectivity index (χ4n) is 6.07. The van der Waals surface area contributed by atoms with Crippen LogP contribution in [0.2, 0.25) is 0 Å². The number of rotatable bonds is 24. The van der Waals surface area contributed by atoms with E-state index in [0.29, 0.717) is 18.4 Å². The van der Waals surface area contributed by atoms with Crippen LogP contribution in [0.15, 0.2) is 35.3 Å². The maximum absolute atomic E-state index is 13.5. The molecule has 2 rings (SSSR count). The second-order valence-electron chi connectivity index (χ2n) is 13.9. The Bertz CT molecular complexity index is 1430. The molecule has 4 amide bonds. The molecule has 12 N–H and O–H groups in total. The van der Waals surface area contributed by atoms with Gasteiger partial charge >= 0.3 is 5.97 Å². The topological polar surface area (TPSA) is 282 Å². The van der Waals surface area contributed by atoms with Crippen LogP contribution >= 0.6 is 0 Å². The fraction of sp³-hybridized carbons (Fsp3) is 0.622. The van der Waals surface area contributed by atoms with Crippen LogP contribution in [0.4, 0.5) is 0 Å². The molecule has 0 aliphatic carbocycles. The molecule has 53 heavy (non-hydrogen) atoms. The highest BCUT2D eigenvalue weighted by Crippen LogP contribution is 2.30. The monoisotopic (exact) mass is 745 g/mol. The number of nitrogens with one attached hydrogen (secondary N) is 3. The molecule has 0 unspecified atom stereocenters. The maximum Gasteiger partial charge on any atom is 0.342 e. The third-order valence-corrected chi connectivity index (χ3v) is 8.80. The van der Waals surface area contributed by atoms with Crippen molar-refractivity contribution in [3.8, 4) is 5.75 Å². The van der Waals surface area contributed by atoms with Gasteiger partial charge < -0.3 is 53.2 Å². The van der Waals surface area contributed by atoms with Crippen molar-refractivity contribution >= 4 is 35.6 Å². The number of nitrogens with two attached hydrogens (primary N) is 3. The van der Waals surface area contributed by atoms with Gasteiger partial charge in [0.15, 0.2) is 12.1 Å². The smallest absolute Gasteiger partial charge is 0.342 e. The maximum atomic E-state index is 13.5. The van der Waals surface area contributed by atoms with E-state index in [1.807, 2.05) is 26.0 Å². The summed E-state index contributed by atoms with van der Waals surface area (Å²) in [6.07, 6.45) is 5.12. The number of primary amides is 1. The number of phenolic OH excluding ortho intramolecular Hbond substituents is 1. The van der Waals surface area contributed by atoms with E-state index in [0.717, 1.165) is 25.7 Å². The van der Waals surface area contributed by atoms with Crippen LogP contribution in [-0.2, 0) is 30.3 Å². The number of aromatic hydroxyl groups is 1. The Morgan fingerprint density at radius 2 is 1.70 bits per heavy atom. The predicted molar refractivity (Wildman–Crippen MR) is 199 cm³/mol. The standard InChI is InChI=1S/C37H59N7O9/c1-4-5-6-7-8-9-10-11-17-30(47)42-26(21-29(38)46)34(50)43-24(15-13-18-41-37(39)40)32(48)33(49)35(51)44-25(19-22(2)3)28-20-23-14-12-16-27(45)31(23)36(52)53-28/h9-10,12,14,16,22,24-26,28,32-33,45,48-49H,4-8,11,13,15,17-21H2,1-3H3,(H2,38,46)(H,42,47)(H,43,50)(H,44,51)(H4,39,40,41)/b10-9+/t24-,25-,26+,28-,32-,33-/m0/s1. The molecule has 1 aromatic rings. The Hall–Kier alpha value is -4.70. The van der Waals surface area contributed by atoms with Crippen LogP contribution in [0.3, 0.4) is 0 Å². The van der Waals surface area contributed by atoms with Gasteiger partial charge in [-0.3, -0.25) is 24.2 Å². The number of aliphatic hydroxyl groups excluding tert-OH is 2. The summed E-state index contributed by atoms with van der Waals surface area (Å²) in [6, 6.07) is 1.19. The number of carbonyl (C=O) groups is 5. The number of hydrogen-bond donors (Lipinski definition) is 9. The molecular formula is C37H59N7O9. The lowest BCUT2D eigenvalue weighted by atomic mass is 9.90. The zero-order valence-electron chi connectivity index (χ0n) is 31.1. The zero-order chi connectivity index (χ0) is 39.5. The molecular weight excluding hydrogens is 686 g/mol. The minimum atomic E-state index is -2.08. The highest BCUT2D eigenvalue weighted by molar-refractivity contribution is 5.95. The number of nitrogens with zero attached hydrogens (tertiary/aromatic N) is 1. The lowest BCUT2D eigenvalue weighted by Crippen LogP contribution is -2.59. The summed E-state index contributed by atoms with van der Waals surface area (Å²) < 4.78 is 5.60. The average molecular weight is 746 g/mol. The number of guanidine groups is 1. The van der Waals surface area contributed by atoms with E-state index in [1.54, 1.807) is 12.1 Å². The largest absolute Gasteiger partial charge is 0.507 e. The van der Waals surface area contributed by atoms with E-state index >= 15 is 0 Å². The van der Waals surface area contributed by atoms with E-state index in [4.69, 9.17) is 21.9 Å². The minimum absolute atomic E-state index is 0.0122. The van der Waals surface area contributed by atoms with Gasteiger partial charge in [-0.25, -0.2) is 4.79 Å². The number of aliphatic imine (C=N–C) groups is 1. The van der Waals surface area contributed by atoms with E-state index in [9.17, 15) is 39.3 Å². The fourth-order valence-corrected chi connectivity index (χ4v) is 6.07. The number of phenols is 1. The number of cyclic esters (lactones) is 1. The number of benzene rings is 1. The zero-order valence-corrected chi connectivity index (χ0v) is 31.1. The first-order valence-corrected chi connectivity index (χ1v) is 18.4. The van der Waals surface area contributed by atoms with Crippen LogP contribution in [0.25, 0.3) is 0 Å². The molecule has 0 saturated heterocycles. The van der Waals surface area contributed by atoms with Gasteiger partial charge in [-0.05, 0) is 56.1 Å². The van der Waals surface area contributed by atoms with Crippen molar-refractivity contribution in [1.29, 1.82) is 0 Å². The quantitative estimate of drug-likeness (QED) is 0.0236. The molecule has 16 heteroatoms. The summed E-state index contributed by atoms with van der Waals surface area (Å²) in [6.45, 7) is 6.02. The van der Waals surface area contributed by atoms with Crippen LogP contribution < -0.4 is 33.2 Å². The number of hydrogen-bond acceptors (Lipinski definition) is 10. The Balaban J connectivity index is 2.17. The van der Waals surface area contributed by atoms with Gasteiger partial charge in [0.25, 0.3) is 5.91 Å². The highest BCUT2D eigenvalue weighted by Gasteiger charge is 2.39. The summed E-state index contributed by atoms with van der Waals surface area (Å²) in [5.74, 6) is -4.37. The van der Waals surface area contributed by atoms with Crippen LogP contribution in [-0.4, -0.2) is 93.9 Å². The lowest BCUT2D eigenvalue weighted by molar-refractivity contribution is -0.140. The van der Waals surface area contributed by atoms with Crippen molar-refractivity contribution < 1.29 is 44.0 Å². The first-order valence-electron chi connectivity index (χ1n) is 18.4. The predicted octanol–water partition coefficient (Wildman–Crippen LogP) is 0.932. The Labute approximate surface area is 311 Å². The third-order valence-electron chi connectivity index (χ3n) is 8.80. The van der Waals surface area contributed by atoms with Crippen LogP contribution in [0.5, 0.6) is 5.75 Å². The number of ether oxygens (including phenoxy) is 1. The lowest BCUT2D eigenvalue weighted by Gasteiger charge is -2.34. The summed E-state index contributed by atoms with van der Waals surface area (Å²) >= 11 is 0. The van der Waals surface area contributed by atoms with Crippen molar-refractivity contribution in [2.45, 2.75) is 134 Å². The van der Waals surface area contributed by atoms with Gasteiger partial charge in [-0.1, -0.05) is 64.3 Å². The van der Waals surface area contributed by atoms with Gasteiger partial charge in [-0.15, -0.1) is 0 Å². The van der Waals surface area contributed by atoms with Crippen LogP contribution in [0.1, 0.15) is 107 Å². The summed E-state index contributed by atoms with van der Waals surface area (Å²) in [5, 5.41) is 40.3. The number of aliphatic hydroxyl groups is 2. The number of unbranched alkanes of at least 4 members (excludes halogenated alkanes) is 4.